The van der Waals surface area contributed by atoms with Gasteiger partial charge in [0.05, 0.1) is 0 Å². The van der Waals surface area contributed by atoms with Gasteiger partial charge in [0.2, 0.25) is 0 Å². The van der Waals surface area contributed by atoms with Gasteiger partial charge in [0, 0.05) is 30.8 Å². The number of benzene rings is 1. The molecule has 4 heteroatoms. The molecule has 0 saturated carbocycles. The molecule has 0 aromatic heterocycles. The van der Waals surface area contributed by atoms with Gasteiger partial charge < -0.3 is 14.6 Å². The molecule has 2 aliphatic rings. The Morgan fingerprint density at radius 2 is 1.30 bits per heavy atom. The second kappa shape index (κ2) is 20.4. The van der Waals surface area contributed by atoms with E-state index in [0.29, 0.717) is 13.3 Å². The lowest BCUT2D eigenvalue weighted by atomic mass is 9.84. The van der Waals surface area contributed by atoms with Gasteiger partial charge in [0.25, 0.3) is 0 Å². The number of fused-ring (bicyclic) bond motifs is 3. The van der Waals surface area contributed by atoms with Gasteiger partial charge in [-0.25, -0.2) is 0 Å². The number of ether oxygens (including phenoxy) is 2. The van der Waals surface area contributed by atoms with Crippen LogP contribution in [-0.4, -0.2) is 35.5 Å². The Balaban J connectivity index is 1.45. The van der Waals surface area contributed by atoms with E-state index in [1.165, 1.54) is 103 Å². The van der Waals surface area contributed by atoms with Crippen LogP contribution >= 0.6 is 0 Å². The highest BCUT2D eigenvalue weighted by Gasteiger charge is 2.36. The Kier molecular flexibility index (Phi) is 17.0. The molecule has 1 aromatic rings. The Morgan fingerprint density at radius 3 is 1.93 bits per heavy atom. The molecular formula is C42H69NO3. The third kappa shape index (κ3) is 12.9. The second-order valence-electron chi connectivity index (χ2n) is 15.0. The predicted octanol–water partition coefficient (Wildman–Crippen LogP) is 11.6. The lowest BCUT2D eigenvalue weighted by Gasteiger charge is -2.40. The van der Waals surface area contributed by atoms with E-state index in [1.54, 1.807) is 0 Å². The third-order valence-corrected chi connectivity index (χ3v) is 10.4. The largest absolute Gasteiger partial charge is 0.487 e. The van der Waals surface area contributed by atoms with Gasteiger partial charge in [0.1, 0.15) is 23.8 Å². The first-order chi connectivity index (χ1) is 22.1. The molecular weight excluding hydrogens is 566 g/mol. The number of unbranched alkanes of at least 4 members (excludes halogenated alkanes) is 9. The van der Waals surface area contributed by atoms with Crippen molar-refractivity contribution in [2.24, 2.45) is 0 Å². The lowest BCUT2D eigenvalue weighted by molar-refractivity contribution is 0.0521. The summed E-state index contributed by atoms with van der Waals surface area (Å²) in [6.45, 7) is 18.8. The Morgan fingerprint density at radius 1 is 0.739 bits per heavy atom. The molecule has 0 aliphatic carbocycles. The van der Waals surface area contributed by atoms with Crippen LogP contribution in [0.1, 0.15) is 166 Å². The smallest absolute Gasteiger partial charge is 0.142 e. The summed E-state index contributed by atoms with van der Waals surface area (Å²) < 4.78 is 13.3. The standard InChI is InChI=1S/C42H69NO3/c1-33(2)21-18-22-34(3)23-19-24-35(4)25-20-27-42(7)28-26-38-39-31-43(32-45-40(39)36(5)37(6)41(38)46-42)29-16-14-12-10-8-9-11-13-15-17-30-44/h21,23,25,44H,8-20,22,24,26-32H2,1-7H3/t42-/m1/s1. The molecule has 4 nitrogen and oxygen atoms in total. The number of nitrogens with zero attached hydrogens (tertiary/aromatic N) is 1. The third-order valence-electron chi connectivity index (χ3n) is 10.4. The van der Waals surface area contributed by atoms with E-state index < -0.39 is 0 Å². The Bertz CT molecular complexity index is 1160. The van der Waals surface area contributed by atoms with Gasteiger partial charge in [-0.2, -0.15) is 0 Å². The van der Waals surface area contributed by atoms with Gasteiger partial charge in [-0.1, -0.05) is 86.3 Å². The average molecular weight is 636 g/mol. The van der Waals surface area contributed by atoms with E-state index in [4.69, 9.17) is 14.6 Å². The van der Waals surface area contributed by atoms with Gasteiger partial charge >= 0.3 is 0 Å². The molecule has 3 rings (SSSR count). The average Bonchev–Trinajstić information content (AvgIpc) is 3.02. The number of hydrogen-bond acceptors (Lipinski definition) is 4. The first-order valence-corrected chi connectivity index (χ1v) is 18.9. The van der Waals surface area contributed by atoms with Crippen LogP contribution in [0.15, 0.2) is 34.9 Å². The zero-order valence-corrected chi connectivity index (χ0v) is 31.0. The minimum Gasteiger partial charge on any atom is -0.487 e. The minimum atomic E-state index is -0.120. The maximum atomic E-state index is 8.90. The van der Waals surface area contributed by atoms with E-state index >= 15 is 0 Å². The lowest BCUT2D eigenvalue weighted by Crippen LogP contribution is -2.39. The molecule has 260 valence electrons. The first-order valence-electron chi connectivity index (χ1n) is 18.9. The van der Waals surface area contributed by atoms with Crippen LogP contribution < -0.4 is 9.47 Å². The predicted molar refractivity (Wildman–Crippen MR) is 197 cm³/mol. The number of rotatable bonds is 21. The highest BCUT2D eigenvalue weighted by atomic mass is 16.5. The van der Waals surface area contributed by atoms with Gasteiger partial charge in [-0.15, -0.1) is 0 Å². The molecule has 2 heterocycles. The zero-order valence-electron chi connectivity index (χ0n) is 31.0. The van der Waals surface area contributed by atoms with E-state index in [2.05, 4.69) is 71.6 Å². The molecule has 1 atom stereocenters. The van der Waals surface area contributed by atoms with Gasteiger partial charge in [-0.3, -0.25) is 4.90 Å². The fourth-order valence-electron chi connectivity index (χ4n) is 7.09. The number of hydrogen-bond donors (Lipinski definition) is 1. The monoisotopic (exact) mass is 636 g/mol. The summed E-state index contributed by atoms with van der Waals surface area (Å²) in [4.78, 5) is 2.50. The molecule has 0 saturated heterocycles. The second-order valence-corrected chi connectivity index (χ2v) is 15.0. The summed E-state index contributed by atoms with van der Waals surface area (Å²) in [5.74, 6) is 2.26. The van der Waals surface area contributed by atoms with Crippen molar-refractivity contribution in [3.63, 3.8) is 0 Å². The first kappa shape index (κ1) is 38.4. The van der Waals surface area contributed by atoms with Gasteiger partial charge in [0.15, 0.2) is 0 Å². The summed E-state index contributed by atoms with van der Waals surface area (Å²) in [6, 6.07) is 0. The van der Waals surface area contributed by atoms with Crippen LogP contribution in [0.25, 0.3) is 0 Å². The number of allylic oxidation sites excluding steroid dienone is 6. The molecule has 0 amide bonds. The van der Waals surface area contributed by atoms with E-state index in [9.17, 15) is 0 Å². The molecule has 0 fully saturated rings. The normalized spacial score (nSPS) is 18.5. The van der Waals surface area contributed by atoms with Crippen LogP contribution in [0.4, 0.5) is 0 Å². The Hall–Kier alpha value is -2.04. The van der Waals surface area contributed by atoms with Crippen LogP contribution in [0.2, 0.25) is 0 Å². The highest BCUT2D eigenvalue weighted by Crippen LogP contribution is 2.46. The molecule has 1 N–H and O–H groups in total. The van der Waals surface area contributed by atoms with Crippen LogP contribution in [0, 0.1) is 13.8 Å². The summed E-state index contributed by atoms with van der Waals surface area (Å²) in [6.07, 6.45) is 28.8. The van der Waals surface area contributed by atoms with Crippen molar-refractivity contribution in [1.82, 2.24) is 4.90 Å². The number of aliphatic hydroxyl groups is 1. The quantitative estimate of drug-likeness (QED) is 0.108. The summed E-state index contributed by atoms with van der Waals surface area (Å²) in [5.41, 5.74) is 9.61. The van der Waals surface area contributed by atoms with Crippen molar-refractivity contribution >= 4 is 0 Å². The van der Waals surface area contributed by atoms with E-state index in [1.807, 2.05) is 0 Å². The van der Waals surface area contributed by atoms with Gasteiger partial charge in [-0.05, 0) is 124 Å². The van der Waals surface area contributed by atoms with Crippen LogP contribution in [0.3, 0.4) is 0 Å². The SMILES string of the molecule is CC(C)=CCCC(C)=CCCC(C)=CCC[C@]1(C)CCc2c3c(c(C)c(C)c2O1)OCN(CCCCCCCCCCCCO)C3. The molecule has 2 aliphatic heterocycles. The van der Waals surface area contributed by atoms with Crippen molar-refractivity contribution in [1.29, 1.82) is 0 Å². The summed E-state index contributed by atoms with van der Waals surface area (Å²) >= 11 is 0. The van der Waals surface area contributed by atoms with Crippen molar-refractivity contribution in [3.05, 3.63) is 57.2 Å². The topological polar surface area (TPSA) is 41.9 Å². The fourth-order valence-corrected chi connectivity index (χ4v) is 7.09. The van der Waals surface area contributed by atoms with Crippen molar-refractivity contribution in [2.75, 3.05) is 19.9 Å². The summed E-state index contributed by atoms with van der Waals surface area (Å²) in [5, 5.41) is 8.90. The molecule has 0 unspecified atom stereocenters. The molecule has 0 bridgehead atoms. The fraction of sp³-hybridized carbons (Fsp3) is 0.714. The van der Waals surface area contributed by atoms with E-state index in [-0.39, 0.29) is 5.60 Å². The van der Waals surface area contributed by atoms with Crippen LogP contribution in [-0.2, 0) is 13.0 Å². The maximum absolute atomic E-state index is 8.90. The van der Waals surface area contributed by atoms with Crippen molar-refractivity contribution < 1.29 is 14.6 Å². The van der Waals surface area contributed by atoms with Crippen molar-refractivity contribution in [2.45, 2.75) is 176 Å². The molecule has 0 radical (unpaired) electrons. The molecule has 46 heavy (non-hydrogen) atoms. The molecule has 0 spiro atoms. The van der Waals surface area contributed by atoms with Crippen LogP contribution in [0.5, 0.6) is 11.5 Å². The maximum Gasteiger partial charge on any atom is 0.142 e. The van der Waals surface area contributed by atoms with E-state index in [0.717, 1.165) is 76.0 Å². The number of aliphatic hydroxyl groups excluding tert-OH is 1. The summed E-state index contributed by atoms with van der Waals surface area (Å²) in [7, 11) is 0. The molecule has 1 aromatic carbocycles. The minimum absolute atomic E-state index is 0.120. The van der Waals surface area contributed by atoms with Crippen molar-refractivity contribution in [3.8, 4) is 11.5 Å². The Labute approximate surface area is 283 Å². The highest BCUT2D eigenvalue weighted by molar-refractivity contribution is 5.60. The zero-order chi connectivity index (χ0) is 33.4.